The standard InChI is InChI=1S/C17H24N4O/c1-11-8-19-13(10-18-11)16(22)21-12-7-17(2)14(20-9-12)5-3-4-6-15(17)21/h8,10,12,14-15,20H,3-7,9H2,1-2H3/t12-,14+,15-,17+/m0/s1. The largest absolute Gasteiger partial charge is 0.329 e. The Morgan fingerprint density at radius 1 is 1.32 bits per heavy atom. The number of carbonyl (C=O) groups excluding carboxylic acids is 1. The summed E-state index contributed by atoms with van der Waals surface area (Å²) in [5.74, 6) is 0.0653. The van der Waals surface area contributed by atoms with Crippen LogP contribution < -0.4 is 5.32 Å². The topological polar surface area (TPSA) is 58.1 Å². The molecule has 118 valence electrons. The second-order valence-electron chi connectivity index (χ2n) is 7.38. The van der Waals surface area contributed by atoms with Gasteiger partial charge < -0.3 is 10.2 Å². The minimum absolute atomic E-state index is 0.0653. The molecule has 0 unspecified atom stereocenters. The van der Waals surface area contributed by atoms with Crippen LogP contribution in [0.1, 0.15) is 55.2 Å². The van der Waals surface area contributed by atoms with Crippen molar-refractivity contribution in [3.63, 3.8) is 0 Å². The fourth-order valence-electron chi connectivity index (χ4n) is 4.90. The predicted octanol–water partition coefficient (Wildman–Crippen LogP) is 1.92. The van der Waals surface area contributed by atoms with E-state index in [4.69, 9.17) is 0 Å². The van der Waals surface area contributed by atoms with Crippen LogP contribution in [0.25, 0.3) is 0 Å². The molecule has 0 radical (unpaired) electrons. The van der Waals surface area contributed by atoms with E-state index in [0.717, 1.165) is 25.1 Å². The number of carbonyl (C=O) groups is 1. The van der Waals surface area contributed by atoms with Gasteiger partial charge in [0.1, 0.15) is 5.69 Å². The molecule has 2 aliphatic heterocycles. The van der Waals surface area contributed by atoms with Gasteiger partial charge in [-0.1, -0.05) is 19.8 Å². The molecule has 3 heterocycles. The summed E-state index contributed by atoms with van der Waals surface area (Å²) in [7, 11) is 0. The smallest absolute Gasteiger partial charge is 0.274 e. The van der Waals surface area contributed by atoms with Crippen molar-refractivity contribution in [3.05, 3.63) is 23.8 Å². The van der Waals surface area contributed by atoms with Gasteiger partial charge in [-0.2, -0.15) is 0 Å². The number of fused-ring (bicyclic) bond motifs is 1. The fraction of sp³-hybridized carbons (Fsp3) is 0.706. The van der Waals surface area contributed by atoms with Gasteiger partial charge >= 0.3 is 0 Å². The summed E-state index contributed by atoms with van der Waals surface area (Å²) in [6.07, 6.45) is 9.28. The summed E-state index contributed by atoms with van der Waals surface area (Å²) in [6, 6.07) is 1.20. The van der Waals surface area contributed by atoms with Gasteiger partial charge in [-0.3, -0.25) is 9.78 Å². The van der Waals surface area contributed by atoms with E-state index >= 15 is 0 Å². The van der Waals surface area contributed by atoms with E-state index in [1.54, 1.807) is 12.4 Å². The first-order chi connectivity index (χ1) is 10.6. The first-order valence-corrected chi connectivity index (χ1v) is 8.44. The minimum Gasteiger partial charge on any atom is -0.329 e. The van der Waals surface area contributed by atoms with Crippen molar-refractivity contribution < 1.29 is 4.79 Å². The number of hydrogen-bond donors (Lipinski definition) is 1. The molecule has 1 saturated carbocycles. The number of hydrogen-bond acceptors (Lipinski definition) is 4. The molecule has 4 rings (SSSR count). The minimum atomic E-state index is 0.0653. The molecule has 5 heteroatoms. The van der Waals surface area contributed by atoms with Gasteiger partial charge in [-0.15, -0.1) is 0 Å². The number of nitrogens with one attached hydrogen (secondary N) is 1. The Hall–Kier alpha value is -1.49. The van der Waals surface area contributed by atoms with Crippen LogP contribution in [0.15, 0.2) is 12.4 Å². The van der Waals surface area contributed by atoms with Crippen LogP contribution in [0, 0.1) is 12.3 Å². The lowest BCUT2D eigenvalue weighted by Gasteiger charge is -2.39. The molecule has 1 N–H and O–H groups in total. The molecular weight excluding hydrogens is 276 g/mol. The number of amides is 1. The molecule has 2 bridgehead atoms. The average molecular weight is 300 g/mol. The van der Waals surface area contributed by atoms with E-state index in [1.165, 1.54) is 19.3 Å². The van der Waals surface area contributed by atoms with Crippen molar-refractivity contribution in [3.8, 4) is 0 Å². The Bertz CT molecular complexity index is 587. The van der Waals surface area contributed by atoms with Gasteiger partial charge in [0, 0.05) is 36.3 Å². The molecule has 2 saturated heterocycles. The van der Waals surface area contributed by atoms with Crippen LogP contribution in [0.3, 0.4) is 0 Å². The molecule has 0 aromatic carbocycles. The quantitative estimate of drug-likeness (QED) is 0.861. The van der Waals surface area contributed by atoms with E-state index in [-0.39, 0.29) is 11.3 Å². The maximum Gasteiger partial charge on any atom is 0.274 e. The number of aromatic nitrogens is 2. The van der Waals surface area contributed by atoms with Gasteiger partial charge in [-0.25, -0.2) is 4.98 Å². The summed E-state index contributed by atoms with van der Waals surface area (Å²) < 4.78 is 0. The number of rotatable bonds is 1. The third-order valence-electron chi connectivity index (χ3n) is 6.02. The van der Waals surface area contributed by atoms with E-state index < -0.39 is 0 Å². The third-order valence-corrected chi connectivity index (χ3v) is 6.02. The summed E-state index contributed by atoms with van der Waals surface area (Å²) in [5, 5.41) is 3.71. The molecule has 22 heavy (non-hydrogen) atoms. The molecule has 4 atom stereocenters. The molecule has 0 spiro atoms. The Labute approximate surface area is 131 Å². The zero-order valence-corrected chi connectivity index (χ0v) is 13.4. The van der Waals surface area contributed by atoms with Crippen LogP contribution in [0.4, 0.5) is 0 Å². The van der Waals surface area contributed by atoms with E-state index in [2.05, 4.69) is 27.1 Å². The van der Waals surface area contributed by atoms with Gasteiger partial charge in [-0.05, 0) is 26.2 Å². The summed E-state index contributed by atoms with van der Waals surface area (Å²) in [4.78, 5) is 23.7. The lowest BCUT2D eigenvalue weighted by atomic mass is 9.72. The zero-order valence-electron chi connectivity index (χ0n) is 13.4. The second kappa shape index (κ2) is 5.01. The summed E-state index contributed by atoms with van der Waals surface area (Å²) in [5.41, 5.74) is 1.55. The van der Waals surface area contributed by atoms with Crippen LogP contribution in [0.2, 0.25) is 0 Å². The van der Waals surface area contributed by atoms with Crippen molar-refractivity contribution in [2.75, 3.05) is 6.54 Å². The Balaban J connectivity index is 1.69. The fourth-order valence-corrected chi connectivity index (χ4v) is 4.90. The van der Waals surface area contributed by atoms with Gasteiger partial charge in [0.15, 0.2) is 0 Å². The SMILES string of the molecule is Cc1cnc(C(=O)N2[C@@H]3CN[C@@H]4CCCC[C@H]2[C@]4(C)C3)cn1. The Kier molecular flexibility index (Phi) is 3.22. The van der Waals surface area contributed by atoms with Crippen LogP contribution >= 0.6 is 0 Å². The monoisotopic (exact) mass is 300 g/mol. The lowest BCUT2D eigenvalue weighted by Crippen LogP contribution is -2.51. The molecule has 5 nitrogen and oxygen atoms in total. The van der Waals surface area contributed by atoms with Crippen molar-refractivity contribution in [2.24, 2.45) is 5.41 Å². The molecule has 1 aromatic rings. The molecule has 1 aromatic heterocycles. The summed E-state index contributed by atoms with van der Waals surface area (Å²) in [6.45, 7) is 5.19. The van der Waals surface area contributed by atoms with Gasteiger partial charge in [0.05, 0.1) is 11.9 Å². The highest BCUT2D eigenvalue weighted by atomic mass is 16.2. The van der Waals surface area contributed by atoms with Crippen molar-refractivity contribution in [1.29, 1.82) is 0 Å². The molecule has 3 aliphatic rings. The Morgan fingerprint density at radius 2 is 2.14 bits per heavy atom. The number of nitrogens with zero attached hydrogens (tertiary/aromatic N) is 3. The zero-order chi connectivity index (χ0) is 15.3. The highest BCUT2D eigenvalue weighted by Gasteiger charge is 2.57. The van der Waals surface area contributed by atoms with Crippen molar-refractivity contribution in [2.45, 2.75) is 64.1 Å². The second-order valence-corrected chi connectivity index (χ2v) is 7.38. The lowest BCUT2D eigenvalue weighted by molar-refractivity contribution is 0.0622. The molecule has 3 fully saturated rings. The maximum atomic E-state index is 13.1. The average Bonchev–Trinajstić information content (AvgIpc) is 2.63. The highest BCUT2D eigenvalue weighted by molar-refractivity contribution is 5.92. The first-order valence-electron chi connectivity index (χ1n) is 8.44. The third kappa shape index (κ3) is 1.98. The van der Waals surface area contributed by atoms with Gasteiger partial charge in [0.2, 0.25) is 0 Å². The maximum absolute atomic E-state index is 13.1. The van der Waals surface area contributed by atoms with Crippen molar-refractivity contribution >= 4 is 5.91 Å². The number of piperidine rings is 1. The molecule has 1 aliphatic carbocycles. The normalized spacial score (nSPS) is 37.0. The van der Waals surface area contributed by atoms with Crippen LogP contribution in [-0.2, 0) is 0 Å². The van der Waals surface area contributed by atoms with E-state index in [0.29, 0.717) is 23.8 Å². The molecular formula is C17H24N4O. The number of likely N-dealkylation sites (tertiary alicyclic amines) is 1. The Morgan fingerprint density at radius 3 is 2.91 bits per heavy atom. The van der Waals surface area contributed by atoms with E-state index in [1.807, 2.05) is 6.92 Å². The molecule has 1 amide bonds. The van der Waals surface area contributed by atoms with E-state index in [9.17, 15) is 4.79 Å². The first kappa shape index (κ1) is 14.1. The highest BCUT2D eigenvalue weighted by Crippen LogP contribution is 2.50. The number of aryl methyl sites for hydroxylation is 1. The summed E-state index contributed by atoms with van der Waals surface area (Å²) >= 11 is 0. The van der Waals surface area contributed by atoms with Gasteiger partial charge in [0.25, 0.3) is 5.91 Å². The van der Waals surface area contributed by atoms with Crippen LogP contribution in [0.5, 0.6) is 0 Å². The van der Waals surface area contributed by atoms with Crippen molar-refractivity contribution in [1.82, 2.24) is 20.2 Å². The predicted molar refractivity (Wildman–Crippen MR) is 83.5 cm³/mol. The van der Waals surface area contributed by atoms with Crippen LogP contribution in [-0.4, -0.2) is 45.4 Å².